The summed E-state index contributed by atoms with van der Waals surface area (Å²) in [5.41, 5.74) is 0.846. The second kappa shape index (κ2) is 8.13. The lowest BCUT2D eigenvalue weighted by atomic mass is 10.00. The molecule has 0 aliphatic heterocycles. The zero-order valence-electron chi connectivity index (χ0n) is 12.4. The van der Waals surface area contributed by atoms with E-state index in [-0.39, 0.29) is 5.97 Å². The van der Waals surface area contributed by atoms with Crippen LogP contribution in [0.1, 0.15) is 57.1 Å². The molecule has 0 aromatic heterocycles. The molecule has 0 saturated heterocycles. The largest absolute Gasteiger partial charge is 0.459 e. The summed E-state index contributed by atoms with van der Waals surface area (Å²) in [5, 5.41) is 10.6. The summed E-state index contributed by atoms with van der Waals surface area (Å²) in [6.45, 7) is 2.10. The Morgan fingerprint density at radius 2 is 2.14 bits per heavy atom. The van der Waals surface area contributed by atoms with Gasteiger partial charge in [-0.1, -0.05) is 31.5 Å². The first-order valence-corrected chi connectivity index (χ1v) is 8.81. The fraction of sp³-hybridized carbons (Fsp3) is 0.588. The highest BCUT2D eigenvalue weighted by Gasteiger charge is 2.29. The van der Waals surface area contributed by atoms with Crippen LogP contribution in [-0.2, 0) is 9.53 Å². The highest BCUT2D eigenvalue weighted by Crippen LogP contribution is 2.34. The van der Waals surface area contributed by atoms with E-state index in [1.54, 1.807) is 0 Å². The molecule has 1 aliphatic rings. The molecule has 0 spiro atoms. The molecule has 4 heteroatoms. The first-order valence-electron chi connectivity index (χ1n) is 7.73. The molecule has 0 heterocycles. The fourth-order valence-corrected chi connectivity index (χ4v) is 3.08. The van der Waals surface area contributed by atoms with Gasteiger partial charge in [0, 0.05) is 9.99 Å². The maximum Gasteiger partial charge on any atom is 0.306 e. The number of aliphatic hydroxyl groups is 1. The number of hydrogen-bond donors (Lipinski definition) is 1. The Kier molecular flexibility index (Phi) is 6.48. The van der Waals surface area contributed by atoms with Crippen molar-refractivity contribution in [2.45, 2.75) is 57.7 Å². The number of unbranched alkanes of at least 4 members (excludes halogenated alkanes) is 1. The van der Waals surface area contributed by atoms with Gasteiger partial charge in [-0.25, -0.2) is 0 Å². The molecule has 2 rings (SSSR count). The number of aliphatic hydroxyl groups excluding tert-OH is 1. The van der Waals surface area contributed by atoms with Crippen LogP contribution in [0, 0.1) is 9.49 Å². The van der Waals surface area contributed by atoms with Crippen LogP contribution in [0.25, 0.3) is 0 Å². The number of rotatable bonds is 8. The first-order chi connectivity index (χ1) is 10.1. The van der Waals surface area contributed by atoms with Gasteiger partial charge in [-0.05, 0) is 65.8 Å². The van der Waals surface area contributed by atoms with E-state index in [1.807, 2.05) is 24.3 Å². The Balaban J connectivity index is 2.02. The van der Waals surface area contributed by atoms with E-state index in [0.717, 1.165) is 34.8 Å². The summed E-state index contributed by atoms with van der Waals surface area (Å²) in [6.07, 6.45) is 4.26. The van der Waals surface area contributed by atoms with E-state index in [0.29, 0.717) is 18.8 Å². The predicted octanol–water partition coefficient (Wildman–Crippen LogP) is 4.23. The fourth-order valence-electron chi connectivity index (χ4n) is 2.38. The maximum absolute atomic E-state index is 12.0. The molecule has 1 aromatic carbocycles. The molecule has 2 atom stereocenters. The first kappa shape index (κ1) is 16.7. The number of ether oxygens (including phenoxy) is 1. The second-order valence-corrected chi connectivity index (χ2v) is 6.95. The van der Waals surface area contributed by atoms with Crippen molar-refractivity contribution in [2.24, 2.45) is 5.92 Å². The minimum atomic E-state index is -0.743. The Morgan fingerprint density at radius 3 is 2.76 bits per heavy atom. The number of carbonyl (C=O) groups excluding carboxylic acids is 1. The molecule has 0 radical (unpaired) electrons. The summed E-state index contributed by atoms with van der Waals surface area (Å²) in [7, 11) is 0. The highest BCUT2D eigenvalue weighted by molar-refractivity contribution is 14.1. The number of benzene rings is 1. The normalized spacial score (nSPS) is 17.3. The van der Waals surface area contributed by atoms with Crippen LogP contribution in [0.15, 0.2) is 24.3 Å². The number of halogens is 1. The van der Waals surface area contributed by atoms with Gasteiger partial charge in [-0.2, -0.15) is 0 Å². The minimum absolute atomic E-state index is 0.163. The SMILES string of the molecule is CCCC[C@H](OC(=O)CC1CC1)[C@@H](O)c1ccccc1I. The molecule has 3 nitrogen and oxygen atoms in total. The van der Waals surface area contributed by atoms with E-state index in [9.17, 15) is 9.90 Å². The van der Waals surface area contributed by atoms with Crippen molar-refractivity contribution in [3.8, 4) is 0 Å². The molecule has 1 saturated carbocycles. The lowest BCUT2D eigenvalue weighted by Gasteiger charge is -2.24. The molecule has 1 fully saturated rings. The Labute approximate surface area is 140 Å². The predicted molar refractivity (Wildman–Crippen MR) is 90.9 cm³/mol. The third-order valence-corrected chi connectivity index (χ3v) is 4.84. The van der Waals surface area contributed by atoms with Crippen molar-refractivity contribution in [3.05, 3.63) is 33.4 Å². The summed E-state index contributed by atoms with van der Waals surface area (Å²) >= 11 is 2.21. The molecule has 1 aliphatic carbocycles. The van der Waals surface area contributed by atoms with Gasteiger partial charge in [0.05, 0.1) is 0 Å². The molecule has 0 bridgehead atoms. The zero-order chi connectivity index (χ0) is 15.2. The second-order valence-electron chi connectivity index (χ2n) is 5.78. The zero-order valence-corrected chi connectivity index (χ0v) is 14.6. The Hall–Kier alpha value is -0.620. The van der Waals surface area contributed by atoms with Gasteiger partial charge < -0.3 is 9.84 Å². The maximum atomic E-state index is 12.0. The van der Waals surface area contributed by atoms with E-state index >= 15 is 0 Å². The van der Waals surface area contributed by atoms with Crippen molar-refractivity contribution in [2.75, 3.05) is 0 Å². The smallest absolute Gasteiger partial charge is 0.306 e. The minimum Gasteiger partial charge on any atom is -0.459 e. The van der Waals surface area contributed by atoms with Gasteiger partial charge in [-0.15, -0.1) is 0 Å². The van der Waals surface area contributed by atoms with Crippen LogP contribution in [0.2, 0.25) is 0 Å². The van der Waals surface area contributed by atoms with E-state index < -0.39 is 12.2 Å². The quantitative estimate of drug-likeness (QED) is 0.523. The molecule has 1 aromatic rings. The summed E-state index contributed by atoms with van der Waals surface area (Å²) in [6, 6.07) is 7.71. The average Bonchev–Trinajstić information content (AvgIpc) is 3.27. The lowest BCUT2D eigenvalue weighted by molar-refractivity contribution is -0.156. The van der Waals surface area contributed by atoms with Crippen LogP contribution in [0.3, 0.4) is 0 Å². The van der Waals surface area contributed by atoms with Gasteiger partial charge in [0.25, 0.3) is 0 Å². The topological polar surface area (TPSA) is 46.5 Å². The van der Waals surface area contributed by atoms with Gasteiger partial charge >= 0.3 is 5.97 Å². The van der Waals surface area contributed by atoms with Crippen molar-refractivity contribution in [1.29, 1.82) is 0 Å². The number of hydrogen-bond acceptors (Lipinski definition) is 3. The summed E-state index contributed by atoms with van der Waals surface area (Å²) in [4.78, 5) is 12.0. The van der Waals surface area contributed by atoms with Crippen LogP contribution in [0.5, 0.6) is 0 Å². The molecule has 0 amide bonds. The van der Waals surface area contributed by atoms with Gasteiger partial charge in [-0.3, -0.25) is 4.79 Å². The van der Waals surface area contributed by atoms with Crippen molar-refractivity contribution in [3.63, 3.8) is 0 Å². The lowest BCUT2D eigenvalue weighted by Crippen LogP contribution is -2.26. The van der Waals surface area contributed by atoms with Crippen molar-refractivity contribution < 1.29 is 14.6 Å². The Morgan fingerprint density at radius 1 is 1.43 bits per heavy atom. The average molecular weight is 402 g/mol. The molecule has 1 N–H and O–H groups in total. The van der Waals surface area contributed by atoms with E-state index in [1.165, 1.54) is 0 Å². The highest BCUT2D eigenvalue weighted by atomic mass is 127. The monoisotopic (exact) mass is 402 g/mol. The Bertz CT molecular complexity index is 471. The van der Waals surface area contributed by atoms with Crippen molar-refractivity contribution in [1.82, 2.24) is 0 Å². The van der Waals surface area contributed by atoms with Crippen LogP contribution >= 0.6 is 22.6 Å². The van der Waals surface area contributed by atoms with Crippen LogP contribution < -0.4 is 0 Å². The van der Waals surface area contributed by atoms with Gasteiger partial charge in [0.1, 0.15) is 12.2 Å². The molecule has 116 valence electrons. The van der Waals surface area contributed by atoms with E-state index in [2.05, 4.69) is 29.5 Å². The van der Waals surface area contributed by atoms with Crippen LogP contribution in [-0.4, -0.2) is 17.2 Å². The van der Waals surface area contributed by atoms with Gasteiger partial charge in [0.15, 0.2) is 0 Å². The summed E-state index contributed by atoms with van der Waals surface area (Å²) in [5.74, 6) is 0.349. The van der Waals surface area contributed by atoms with Crippen LogP contribution in [0.4, 0.5) is 0 Å². The number of esters is 1. The third-order valence-electron chi connectivity index (χ3n) is 3.85. The summed E-state index contributed by atoms with van der Waals surface area (Å²) < 4.78 is 6.58. The molecule has 0 unspecified atom stereocenters. The third kappa shape index (κ3) is 5.25. The molecular weight excluding hydrogens is 379 g/mol. The number of carbonyl (C=O) groups is 1. The molecular formula is C17H23IO3. The van der Waals surface area contributed by atoms with E-state index in [4.69, 9.17) is 4.74 Å². The molecule has 21 heavy (non-hydrogen) atoms. The standard InChI is InChI=1S/C17H23IO3/c1-2-3-8-15(21-16(19)11-12-9-10-12)17(20)13-6-4-5-7-14(13)18/h4-7,12,15,17,20H,2-3,8-11H2,1H3/t15-,17-/m0/s1. The van der Waals surface area contributed by atoms with Crippen molar-refractivity contribution >= 4 is 28.6 Å². The van der Waals surface area contributed by atoms with Gasteiger partial charge in [0.2, 0.25) is 0 Å².